The summed E-state index contributed by atoms with van der Waals surface area (Å²) in [5.41, 5.74) is 0.625. The molecule has 1 saturated heterocycles. The minimum absolute atomic E-state index is 0.0998. The molecule has 0 aliphatic carbocycles. The van der Waals surface area contributed by atoms with E-state index in [0.717, 1.165) is 21.9 Å². The summed E-state index contributed by atoms with van der Waals surface area (Å²) in [7, 11) is -1.27. The van der Waals surface area contributed by atoms with Crippen molar-refractivity contribution < 1.29 is 17.9 Å². The van der Waals surface area contributed by atoms with Gasteiger partial charge in [0.15, 0.2) is 19.0 Å². The lowest BCUT2D eigenvalue weighted by atomic mass is 10.2. The second-order valence-corrected chi connectivity index (χ2v) is 14.2. The molecule has 12 heteroatoms. The van der Waals surface area contributed by atoms with Gasteiger partial charge in [-0.3, -0.25) is 0 Å². The van der Waals surface area contributed by atoms with Gasteiger partial charge in [0.05, 0.1) is 45.0 Å². The van der Waals surface area contributed by atoms with Crippen molar-refractivity contribution in [3.63, 3.8) is 0 Å². The Labute approximate surface area is 241 Å². The van der Waals surface area contributed by atoms with E-state index in [1.807, 2.05) is 80.3 Å². The van der Waals surface area contributed by atoms with Crippen LogP contribution in [-0.4, -0.2) is 57.3 Å². The number of morpholine rings is 1. The highest BCUT2D eigenvalue weighted by Crippen LogP contribution is 2.63. The molecule has 3 atom stereocenters. The monoisotopic (exact) mass is 598 g/mol. The van der Waals surface area contributed by atoms with Gasteiger partial charge in [-0.15, -0.1) is 11.3 Å². The van der Waals surface area contributed by atoms with Crippen molar-refractivity contribution in [3.8, 4) is 5.69 Å². The summed E-state index contributed by atoms with van der Waals surface area (Å²) < 4.78 is 60.4. The van der Waals surface area contributed by atoms with Gasteiger partial charge in [0.2, 0.25) is 0 Å². The Bertz CT molecular complexity index is 1640. The molecule has 2 aliphatic rings. The number of hydrogen-bond donors (Lipinski definition) is 0. The van der Waals surface area contributed by atoms with Gasteiger partial charge in [-0.05, 0) is 56.5 Å². The van der Waals surface area contributed by atoms with E-state index in [-0.39, 0.29) is 17.9 Å². The van der Waals surface area contributed by atoms with E-state index in [1.165, 1.54) is 23.5 Å². The summed E-state index contributed by atoms with van der Waals surface area (Å²) in [4.78, 5) is 6.05. The number of nitrogens with zero attached hydrogens (tertiary/aromatic N) is 6. The standard InChI is InChI=1S/C29H30F3N6OPS/c1-19-17-37(18-20(2)39-19)40(35-24-14-9-8-13-23(24)29(30,31)32)26-21(3)34-38(22-11-6-5-7-12-22)28(26)33-27(36(40)4)25-15-10-16-41-25/h5-16,19-20H,17-18H2,1-4H3. The van der Waals surface area contributed by atoms with Crippen LogP contribution in [0.5, 0.6) is 0 Å². The Morgan fingerprint density at radius 1 is 0.976 bits per heavy atom. The maximum absolute atomic E-state index is 14.4. The van der Waals surface area contributed by atoms with Crippen LogP contribution < -0.4 is 5.30 Å². The van der Waals surface area contributed by atoms with Crippen LogP contribution in [0.3, 0.4) is 0 Å². The quantitative estimate of drug-likeness (QED) is 0.230. The van der Waals surface area contributed by atoms with Crippen molar-refractivity contribution in [2.45, 2.75) is 39.2 Å². The van der Waals surface area contributed by atoms with Crippen LogP contribution in [0.4, 0.5) is 24.7 Å². The average Bonchev–Trinajstić information content (AvgIpc) is 3.58. The molecule has 4 heterocycles. The smallest absolute Gasteiger partial charge is 0.373 e. The zero-order valence-electron chi connectivity index (χ0n) is 23.1. The number of thiophene rings is 1. The first kappa shape index (κ1) is 27.9. The zero-order chi connectivity index (χ0) is 28.9. The van der Waals surface area contributed by atoms with Crippen molar-refractivity contribution in [3.05, 3.63) is 88.2 Å². The van der Waals surface area contributed by atoms with Gasteiger partial charge in [0.1, 0.15) is 0 Å². The molecule has 0 amide bonds. The molecule has 214 valence electrons. The number of hydrogen-bond acceptors (Lipinski definition) is 5. The first-order valence-electron chi connectivity index (χ1n) is 13.3. The number of ether oxygens (including phenoxy) is 1. The van der Waals surface area contributed by atoms with E-state index >= 15 is 0 Å². The Hall–Kier alpha value is -3.24. The molecule has 0 bridgehead atoms. The molecular formula is C29H30F3N6OPS. The second kappa shape index (κ2) is 10.5. The van der Waals surface area contributed by atoms with Gasteiger partial charge in [-0.1, -0.05) is 36.4 Å². The summed E-state index contributed by atoms with van der Waals surface area (Å²) >= 11 is 1.53. The van der Waals surface area contributed by atoms with Crippen molar-refractivity contribution in [2.24, 2.45) is 9.74 Å². The molecule has 0 spiro atoms. The van der Waals surface area contributed by atoms with E-state index in [2.05, 4.69) is 4.67 Å². The molecule has 0 saturated carbocycles. The minimum atomic E-state index is -4.57. The Balaban J connectivity index is 1.74. The van der Waals surface area contributed by atoms with Crippen LogP contribution >= 0.6 is 18.7 Å². The Morgan fingerprint density at radius 3 is 2.32 bits per heavy atom. The van der Waals surface area contributed by atoms with E-state index in [1.54, 1.807) is 10.7 Å². The molecule has 2 aromatic carbocycles. The maximum Gasteiger partial charge on any atom is 0.418 e. The lowest BCUT2D eigenvalue weighted by Gasteiger charge is -2.48. The summed E-state index contributed by atoms with van der Waals surface area (Å²) in [6.07, 6.45) is -4.86. The van der Waals surface area contributed by atoms with Crippen molar-refractivity contribution in [1.29, 1.82) is 0 Å². The van der Waals surface area contributed by atoms with Crippen LogP contribution in [0.2, 0.25) is 0 Å². The topological polar surface area (TPSA) is 58.3 Å². The first-order chi connectivity index (χ1) is 19.6. The van der Waals surface area contributed by atoms with Crippen molar-refractivity contribution >= 4 is 41.3 Å². The molecule has 3 unspecified atom stereocenters. The number of rotatable bonds is 4. The fraction of sp³-hybridized carbons (Fsp3) is 0.310. The first-order valence-corrected chi connectivity index (χ1v) is 15.8. The third-order valence-corrected chi connectivity index (χ3v) is 11.9. The molecule has 1 fully saturated rings. The van der Waals surface area contributed by atoms with Crippen LogP contribution in [0, 0.1) is 6.92 Å². The van der Waals surface area contributed by atoms with E-state index in [9.17, 15) is 13.2 Å². The largest absolute Gasteiger partial charge is 0.418 e. The molecule has 2 aliphatic heterocycles. The lowest BCUT2D eigenvalue weighted by Crippen LogP contribution is -2.50. The van der Waals surface area contributed by atoms with Gasteiger partial charge in [-0.2, -0.15) is 18.3 Å². The molecule has 7 nitrogen and oxygen atoms in total. The van der Waals surface area contributed by atoms with Gasteiger partial charge >= 0.3 is 6.18 Å². The summed E-state index contributed by atoms with van der Waals surface area (Å²) in [5.74, 6) is 1.24. The molecule has 6 rings (SSSR count). The van der Waals surface area contributed by atoms with Gasteiger partial charge < -0.3 is 9.41 Å². The average molecular weight is 599 g/mol. The predicted octanol–water partition coefficient (Wildman–Crippen LogP) is 7.38. The van der Waals surface area contributed by atoms with Crippen LogP contribution in [0.15, 0.2) is 81.8 Å². The molecular weight excluding hydrogens is 568 g/mol. The number of benzene rings is 2. The molecule has 2 aromatic heterocycles. The maximum atomic E-state index is 14.4. The van der Waals surface area contributed by atoms with Crippen molar-refractivity contribution in [1.82, 2.24) is 19.1 Å². The molecule has 0 radical (unpaired) electrons. The van der Waals surface area contributed by atoms with Crippen LogP contribution in [0.25, 0.3) is 5.69 Å². The zero-order valence-corrected chi connectivity index (χ0v) is 24.8. The fourth-order valence-corrected chi connectivity index (χ4v) is 10.5. The van der Waals surface area contributed by atoms with Crippen molar-refractivity contribution in [2.75, 3.05) is 20.1 Å². The Kier molecular flexibility index (Phi) is 7.18. The molecule has 4 aromatic rings. The number of amidine groups is 1. The number of halogens is 3. The van der Waals surface area contributed by atoms with E-state index in [0.29, 0.717) is 30.4 Å². The number of aryl methyl sites for hydroxylation is 1. The van der Waals surface area contributed by atoms with Crippen LogP contribution in [0.1, 0.15) is 30.0 Å². The normalized spacial score (nSPS) is 23.3. The number of fused-ring (bicyclic) bond motifs is 1. The van der Waals surface area contributed by atoms with Crippen LogP contribution in [-0.2, 0) is 10.9 Å². The third kappa shape index (κ3) is 4.84. The highest BCUT2D eigenvalue weighted by Gasteiger charge is 2.48. The minimum Gasteiger partial charge on any atom is -0.373 e. The second-order valence-electron chi connectivity index (χ2n) is 10.3. The molecule has 0 N–H and O–H groups in total. The summed E-state index contributed by atoms with van der Waals surface area (Å²) in [5, 5.41) is 7.65. The Morgan fingerprint density at radius 2 is 1.66 bits per heavy atom. The fourth-order valence-electron chi connectivity index (χ4n) is 5.62. The SMILES string of the molecule is Cc1nn(-c2ccccc2)c2c1P(=Nc1ccccc1C(F)(F)F)(N1CC(C)OC(C)C1)N(C)C(c1cccs1)=N2. The summed E-state index contributed by atoms with van der Waals surface area (Å²) in [6.45, 7) is 6.86. The molecule has 41 heavy (non-hydrogen) atoms. The van der Waals surface area contributed by atoms with E-state index < -0.39 is 19.1 Å². The summed E-state index contributed by atoms with van der Waals surface area (Å²) in [6, 6.07) is 19.2. The highest BCUT2D eigenvalue weighted by atomic mass is 32.1. The predicted molar refractivity (Wildman–Crippen MR) is 158 cm³/mol. The third-order valence-electron chi connectivity index (χ3n) is 7.24. The van der Waals surface area contributed by atoms with E-state index in [4.69, 9.17) is 19.6 Å². The number of aliphatic imine (C=N–C) groups is 1. The van der Waals surface area contributed by atoms with Gasteiger partial charge in [0.25, 0.3) is 0 Å². The van der Waals surface area contributed by atoms with Gasteiger partial charge in [-0.25, -0.2) is 19.1 Å². The number of para-hydroxylation sites is 1. The number of aromatic nitrogens is 2. The van der Waals surface area contributed by atoms with Gasteiger partial charge in [0, 0.05) is 20.1 Å². The highest BCUT2D eigenvalue weighted by molar-refractivity contribution is 7.70. The lowest BCUT2D eigenvalue weighted by molar-refractivity contribution is -0.137. The number of alkyl halides is 3.